The van der Waals surface area contributed by atoms with Gasteiger partial charge in [-0.3, -0.25) is 4.79 Å². The zero-order valence-electron chi connectivity index (χ0n) is 15.5. The van der Waals surface area contributed by atoms with E-state index < -0.39 is 0 Å². The molecule has 9 heteroatoms. The zero-order chi connectivity index (χ0) is 20.2. The highest BCUT2D eigenvalue weighted by Crippen LogP contribution is 2.29. The second-order valence-corrected chi connectivity index (χ2v) is 7.38. The molecule has 29 heavy (non-hydrogen) atoms. The van der Waals surface area contributed by atoms with Crippen LogP contribution in [0.2, 0.25) is 5.02 Å². The van der Waals surface area contributed by atoms with Crippen molar-refractivity contribution < 1.29 is 14.3 Å². The third kappa shape index (κ3) is 4.24. The molecule has 1 amide bonds. The Bertz CT molecular complexity index is 1160. The summed E-state index contributed by atoms with van der Waals surface area (Å²) >= 11 is 7.49. The topological polar surface area (TPSA) is 78.3 Å². The molecule has 0 radical (unpaired) electrons. The van der Waals surface area contributed by atoms with Crippen LogP contribution in [0.15, 0.2) is 54.0 Å². The van der Waals surface area contributed by atoms with Gasteiger partial charge in [0.1, 0.15) is 11.3 Å². The van der Waals surface area contributed by atoms with Crippen LogP contribution in [0.3, 0.4) is 0 Å². The Morgan fingerprint density at radius 1 is 1.28 bits per heavy atom. The number of halogens is 1. The zero-order valence-corrected chi connectivity index (χ0v) is 17.0. The summed E-state index contributed by atoms with van der Waals surface area (Å²) in [6.07, 6.45) is 1.66. The van der Waals surface area contributed by atoms with E-state index in [0.717, 1.165) is 11.2 Å². The van der Waals surface area contributed by atoms with Gasteiger partial charge in [0.05, 0.1) is 33.9 Å². The van der Waals surface area contributed by atoms with Gasteiger partial charge in [0.15, 0.2) is 0 Å². The Kier molecular flexibility index (Phi) is 5.75. The SMILES string of the molecule is COCCNC(=O)c1cc(-n2ncc3nc(Oc4ccccc4Cl)ccc32)cs1. The van der Waals surface area contributed by atoms with Gasteiger partial charge in [-0.1, -0.05) is 23.7 Å². The fourth-order valence-electron chi connectivity index (χ4n) is 2.71. The van der Waals surface area contributed by atoms with Gasteiger partial charge in [-0.2, -0.15) is 5.10 Å². The first-order valence-electron chi connectivity index (χ1n) is 8.79. The van der Waals surface area contributed by atoms with Gasteiger partial charge >= 0.3 is 0 Å². The molecule has 3 aromatic heterocycles. The summed E-state index contributed by atoms with van der Waals surface area (Å²) in [5.74, 6) is 0.826. The van der Waals surface area contributed by atoms with Crippen LogP contribution < -0.4 is 10.1 Å². The number of nitrogens with one attached hydrogen (secondary N) is 1. The number of benzene rings is 1. The number of pyridine rings is 1. The summed E-state index contributed by atoms with van der Waals surface area (Å²) in [5, 5.41) is 9.61. The summed E-state index contributed by atoms with van der Waals surface area (Å²) < 4.78 is 12.5. The number of fused-ring (bicyclic) bond motifs is 1. The van der Waals surface area contributed by atoms with Crippen molar-refractivity contribution in [1.29, 1.82) is 0 Å². The number of methoxy groups -OCH3 is 1. The molecule has 0 unspecified atom stereocenters. The second kappa shape index (κ2) is 8.60. The minimum atomic E-state index is -0.136. The third-order valence-corrected chi connectivity index (χ3v) is 5.33. The maximum atomic E-state index is 12.2. The van der Waals surface area contributed by atoms with Crippen LogP contribution in [0, 0.1) is 0 Å². The van der Waals surface area contributed by atoms with Crippen LogP contribution in [0.25, 0.3) is 16.7 Å². The number of para-hydroxylation sites is 1. The first-order chi connectivity index (χ1) is 14.2. The van der Waals surface area contributed by atoms with E-state index in [-0.39, 0.29) is 5.91 Å². The highest BCUT2D eigenvalue weighted by molar-refractivity contribution is 7.12. The van der Waals surface area contributed by atoms with Gasteiger partial charge in [0, 0.05) is 25.1 Å². The molecule has 0 bridgehead atoms. The third-order valence-electron chi connectivity index (χ3n) is 4.10. The number of nitrogens with zero attached hydrogens (tertiary/aromatic N) is 3. The van der Waals surface area contributed by atoms with Crippen LogP contribution in [0.4, 0.5) is 0 Å². The largest absolute Gasteiger partial charge is 0.437 e. The molecule has 0 aliphatic heterocycles. The molecule has 0 atom stereocenters. The Hall–Kier alpha value is -2.94. The number of thiophene rings is 1. The average Bonchev–Trinajstić information content (AvgIpc) is 3.36. The number of hydrogen-bond donors (Lipinski definition) is 1. The van der Waals surface area contributed by atoms with Crippen molar-refractivity contribution in [3.8, 4) is 17.3 Å². The van der Waals surface area contributed by atoms with E-state index in [1.54, 1.807) is 42.3 Å². The fraction of sp³-hybridized carbons (Fsp3) is 0.150. The number of aromatic nitrogens is 3. The Morgan fingerprint density at radius 3 is 2.97 bits per heavy atom. The molecule has 4 aromatic rings. The quantitative estimate of drug-likeness (QED) is 0.444. The minimum Gasteiger partial charge on any atom is -0.437 e. The smallest absolute Gasteiger partial charge is 0.261 e. The van der Waals surface area contributed by atoms with Crippen molar-refractivity contribution in [3.05, 3.63) is 63.9 Å². The standard InChI is InChI=1S/C20H17ClN4O3S/c1-27-9-8-22-20(26)18-10-13(12-29-18)25-16-6-7-19(24-15(16)11-23-25)28-17-5-3-2-4-14(17)21/h2-7,10-12H,8-9H2,1H3,(H,22,26). The van der Waals surface area contributed by atoms with Crippen molar-refractivity contribution in [2.45, 2.75) is 0 Å². The number of rotatable bonds is 7. The predicted octanol–water partition coefficient (Wildman–Crippen LogP) is 4.30. The predicted molar refractivity (Wildman–Crippen MR) is 112 cm³/mol. The molecular formula is C20H17ClN4O3S. The molecule has 0 saturated heterocycles. The van der Waals surface area contributed by atoms with Crippen molar-refractivity contribution in [1.82, 2.24) is 20.1 Å². The van der Waals surface area contributed by atoms with Crippen LogP contribution in [-0.4, -0.2) is 40.9 Å². The number of hydrogen-bond acceptors (Lipinski definition) is 6. The summed E-state index contributed by atoms with van der Waals surface area (Å²) in [7, 11) is 1.59. The van der Waals surface area contributed by atoms with Crippen molar-refractivity contribution in [3.63, 3.8) is 0 Å². The highest BCUT2D eigenvalue weighted by atomic mass is 35.5. The van der Waals surface area contributed by atoms with E-state index in [2.05, 4.69) is 15.4 Å². The Morgan fingerprint density at radius 2 is 2.14 bits per heavy atom. The maximum absolute atomic E-state index is 12.2. The van der Waals surface area contributed by atoms with Crippen LogP contribution in [0.1, 0.15) is 9.67 Å². The molecule has 148 valence electrons. The maximum Gasteiger partial charge on any atom is 0.261 e. The molecule has 0 saturated carbocycles. The fourth-order valence-corrected chi connectivity index (χ4v) is 3.67. The van der Waals surface area contributed by atoms with E-state index in [1.807, 2.05) is 23.6 Å². The van der Waals surface area contributed by atoms with E-state index in [1.165, 1.54) is 11.3 Å². The van der Waals surface area contributed by atoms with E-state index in [9.17, 15) is 4.79 Å². The minimum absolute atomic E-state index is 0.136. The number of ether oxygens (including phenoxy) is 2. The molecule has 0 fully saturated rings. The van der Waals surface area contributed by atoms with Crippen molar-refractivity contribution in [2.24, 2.45) is 0 Å². The lowest BCUT2D eigenvalue weighted by Gasteiger charge is -2.06. The van der Waals surface area contributed by atoms with Crippen molar-refractivity contribution in [2.75, 3.05) is 20.3 Å². The lowest BCUT2D eigenvalue weighted by molar-refractivity contribution is 0.0941. The van der Waals surface area contributed by atoms with Gasteiger partial charge in [0.2, 0.25) is 5.88 Å². The van der Waals surface area contributed by atoms with Crippen LogP contribution in [0.5, 0.6) is 11.6 Å². The monoisotopic (exact) mass is 428 g/mol. The molecule has 1 aromatic carbocycles. The van der Waals surface area contributed by atoms with E-state index in [0.29, 0.717) is 40.2 Å². The number of amides is 1. The average molecular weight is 429 g/mol. The first kappa shape index (κ1) is 19.4. The van der Waals surface area contributed by atoms with Gasteiger partial charge in [-0.15, -0.1) is 11.3 Å². The molecule has 7 nitrogen and oxygen atoms in total. The Labute approximate surface area is 175 Å². The lowest BCUT2D eigenvalue weighted by atomic mass is 10.3. The molecular weight excluding hydrogens is 412 g/mol. The molecule has 1 N–H and O–H groups in total. The number of carbonyl (C=O) groups is 1. The van der Waals surface area contributed by atoms with Gasteiger partial charge in [-0.05, 0) is 24.3 Å². The normalized spacial score (nSPS) is 11.0. The summed E-state index contributed by atoms with van der Waals surface area (Å²) in [6, 6.07) is 12.6. The first-order valence-corrected chi connectivity index (χ1v) is 10.0. The summed E-state index contributed by atoms with van der Waals surface area (Å²) in [6.45, 7) is 0.934. The molecule has 0 aliphatic rings. The Balaban J connectivity index is 1.55. The lowest BCUT2D eigenvalue weighted by Crippen LogP contribution is -2.26. The van der Waals surface area contributed by atoms with Crippen LogP contribution in [-0.2, 0) is 4.74 Å². The summed E-state index contributed by atoms with van der Waals surface area (Å²) in [5.41, 5.74) is 2.27. The summed E-state index contributed by atoms with van der Waals surface area (Å²) in [4.78, 5) is 17.3. The number of carbonyl (C=O) groups excluding carboxylic acids is 1. The molecule has 0 spiro atoms. The van der Waals surface area contributed by atoms with Crippen molar-refractivity contribution >= 4 is 39.9 Å². The van der Waals surface area contributed by atoms with Crippen LogP contribution >= 0.6 is 22.9 Å². The van der Waals surface area contributed by atoms with Gasteiger partial charge in [0.25, 0.3) is 5.91 Å². The molecule has 3 heterocycles. The molecule has 4 rings (SSSR count). The van der Waals surface area contributed by atoms with Gasteiger partial charge in [-0.25, -0.2) is 9.67 Å². The van der Waals surface area contributed by atoms with E-state index >= 15 is 0 Å². The molecule has 0 aliphatic carbocycles. The van der Waals surface area contributed by atoms with Gasteiger partial charge < -0.3 is 14.8 Å². The van der Waals surface area contributed by atoms with E-state index in [4.69, 9.17) is 21.1 Å². The highest BCUT2D eigenvalue weighted by Gasteiger charge is 2.13. The second-order valence-electron chi connectivity index (χ2n) is 6.06.